The first kappa shape index (κ1) is 23.0. The summed E-state index contributed by atoms with van der Waals surface area (Å²) in [6.07, 6.45) is 1.41. The fourth-order valence-electron chi connectivity index (χ4n) is 2.62. The average molecular weight is 492 g/mol. The van der Waals surface area contributed by atoms with Crippen LogP contribution in [0.15, 0.2) is 66.2 Å². The van der Waals surface area contributed by atoms with E-state index in [1.807, 2.05) is 6.07 Å². The number of nitrogens with zero attached hydrogens (tertiary/aromatic N) is 1. The number of anilines is 1. The molecule has 0 fully saturated rings. The monoisotopic (exact) mass is 490 g/mol. The van der Waals surface area contributed by atoms with Crippen LogP contribution in [-0.2, 0) is 11.4 Å². The van der Waals surface area contributed by atoms with Gasteiger partial charge in [0.1, 0.15) is 24.0 Å². The molecule has 0 saturated carbocycles. The zero-order valence-corrected chi connectivity index (χ0v) is 18.9. The normalized spacial score (nSPS) is 11.0. The third-order valence-electron chi connectivity index (χ3n) is 4.10. The molecule has 1 amide bonds. The zero-order valence-electron chi connectivity index (χ0n) is 15.8. The Morgan fingerprint density at radius 3 is 2.45 bits per heavy atom. The molecule has 3 rings (SSSR count). The summed E-state index contributed by atoms with van der Waals surface area (Å²) in [5.74, 6) is -0.140. The van der Waals surface area contributed by atoms with E-state index >= 15 is 0 Å². The van der Waals surface area contributed by atoms with Crippen LogP contribution in [0.2, 0.25) is 20.1 Å². The Hall–Kier alpha value is -2.68. The first-order chi connectivity index (χ1) is 14.9. The summed E-state index contributed by atoms with van der Waals surface area (Å²) in [6.45, 7) is 0.204. The van der Waals surface area contributed by atoms with Crippen LogP contribution in [0.1, 0.15) is 11.1 Å². The Morgan fingerprint density at radius 1 is 0.968 bits per heavy atom. The molecule has 0 radical (unpaired) electrons. The van der Waals surface area contributed by atoms with Crippen molar-refractivity contribution in [2.24, 2.45) is 0 Å². The molecule has 0 saturated heterocycles. The maximum absolute atomic E-state index is 12.6. The number of hydrogen-bond donors (Lipinski definition) is 1. The Kier molecular flexibility index (Phi) is 7.84. The SMILES string of the molecule is N#C/C(=C\c1cc(Cl)ccc1OCc1ccc(Cl)c(Cl)c1)C(=O)Nc1cccc(Cl)c1. The lowest BCUT2D eigenvalue weighted by Gasteiger charge is -2.11. The van der Waals surface area contributed by atoms with Crippen molar-refractivity contribution in [3.05, 3.63) is 97.5 Å². The summed E-state index contributed by atoms with van der Waals surface area (Å²) in [6, 6.07) is 18.6. The largest absolute Gasteiger partial charge is 0.488 e. The molecule has 156 valence electrons. The van der Waals surface area contributed by atoms with Gasteiger partial charge in [-0.1, -0.05) is 58.5 Å². The van der Waals surface area contributed by atoms with Crippen LogP contribution in [0.3, 0.4) is 0 Å². The molecule has 0 spiro atoms. The molecule has 0 aliphatic heterocycles. The summed E-state index contributed by atoms with van der Waals surface area (Å²) in [7, 11) is 0. The minimum absolute atomic E-state index is 0.123. The molecule has 0 aromatic heterocycles. The second-order valence-electron chi connectivity index (χ2n) is 6.35. The van der Waals surface area contributed by atoms with Crippen molar-refractivity contribution in [1.82, 2.24) is 0 Å². The van der Waals surface area contributed by atoms with Gasteiger partial charge in [0.05, 0.1) is 10.0 Å². The average Bonchev–Trinajstić information content (AvgIpc) is 2.73. The topological polar surface area (TPSA) is 62.1 Å². The maximum atomic E-state index is 12.6. The molecule has 3 aromatic rings. The van der Waals surface area contributed by atoms with E-state index in [9.17, 15) is 10.1 Å². The Morgan fingerprint density at radius 2 is 1.74 bits per heavy atom. The number of nitrogens with one attached hydrogen (secondary N) is 1. The van der Waals surface area contributed by atoms with Gasteiger partial charge >= 0.3 is 0 Å². The predicted octanol–water partition coefficient (Wildman–Crippen LogP) is 7.42. The van der Waals surface area contributed by atoms with Crippen molar-refractivity contribution in [1.29, 1.82) is 5.26 Å². The van der Waals surface area contributed by atoms with E-state index in [1.54, 1.807) is 60.7 Å². The Labute approximate surface area is 199 Å². The van der Waals surface area contributed by atoms with Crippen LogP contribution in [0.5, 0.6) is 5.75 Å². The molecule has 0 aliphatic rings. The van der Waals surface area contributed by atoms with Crippen molar-refractivity contribution in [3.63, 3.8) is 0 Å². The molecule has 1 N–H and O–H groups in total. The minimum atomic E-state index is -0.583. The number of ether oxygens (including phenoxy) is 1. The highest BCUT2D eigenvalue weighted by molar-refractivity contribution is 6.42. The highest BCUT2D eigenvalue weighted by atomic mass is 35.5. The van der Waals surface area contributed by atoms with Gasteiger partial charge in [0, 0.05) is 21.3 Å². The molecule has 3 aromatic carbocycles. The third kappa shape index (κ3) is 6.40. The number of amides is 1. The van der Waals surface area contributed by atoms with Gasteiger partial charge in [0.15, 0.2) is 0 Å². The van der Waals surface area contributed by atoms with Gasteiger partial charge in [-0.25, -0.2) is 0 Å². The van der Waals surface area contributed by atoms with E-state index in [2.05, 4.69) is 5.32 Å². The molecule has 0 heterocycles. The van der Waals surface area contributed by atoms with Crippen LogP contribution in [-0.4, -0.2) is 5.91 Å². The van der Waals surface area contributed by atoms with Gasteiger partial charge in [0.25, 0.3) is 5.91 Å². The van der Waals surface area contributed by atoms with Gasteiger partial charge in [-0.15, -0.1) is 0 Å². The predicted molar refractivity (Wildman–Crippen MR) is 126 cm³/mol. The van der Waals surface area contributed by atoms with Crippen molar-refractivity contribution < 1.29 is 9.53 Å². The van der Waals surface area contributed by atoms with E-state index < -0.39 is 5.91 Å². The van der Waals surface area contributed by atoms with Crippen molar-refractivity contribution in [2.45, 2.75) is 6.61 Å². The Balaban J connectivity index is 1.83. The van der Waals surface area contributed by atoms with Gasteiger partial charge < -0.3 is 10.1 Å². The number of hydrogen-bond acceptors (Lipinski definition) is 3. The number of benzene rings is 3. The summed E-state index contributed by atoms with van der Waals surface area (Å²) >= 11 is 24.0. The first-order valence-corrected chi connectivity index (χ1v) is 10.4. The smallest absolute Gasteiger partial charge is 0.266 e. The lowest BCUT2D eigenvalue weighted by Crippen LogP contribution is -2.13. The molecule has 8 heteroatoms. The van der Waals surface area contributed by atoms with Gasteiger partial charge in [-0.05, 0) is 60.2 Å². The molecule has 0 bridgehead atoms. The number of carbonyl (C=O) groups excluding carboxylic acids is 1. The Bertz CT molecular complexity index is 1200. The lowest BCUT2D eigenvalue weighted by molar-refractivity contribution is -0.112. The summed E-state index contributed by atoms with van der Waals surface area (Å²) < 4.78 is 5.87. The fourth-order valence-corrected chi connectivity index (χ4v) is 3.31. The molecule has 0 aliphatic carbocycles. The number of nitriles is 1. The van der Waals surface area contributed by atoms with E-state index in [4.69, 9.17) is 51.1 Å². The van der Waals surface area contributed by atoms with Crippen LogP contribution in [0.4, 0.5) is 5.69 Å². The van der Waals surface area contributed by atoms with Crippen LogP contribution >= 0.6 is 46.4 Å². The van der Waals surface area contributed by atoms with Gasteiger partial charge in [-0.2, -0.15) is 5.26 Å². The first-order valence-electron chi connectivity index (χ1n) is 8.90. The van der Waals surface area contributed by atoms with E-state index in [1.165, 1.54) is 6.08 Å². The fraction of sp³-hybridized carbons (Fsp3) is 0.0435. The minimum Gasteiger partial charge on any atom is -0.488 e. The van der Waals surface area contributed by atoms with E-state index in [0.717, 1.165) is 5.56 Å². The second kappa shape index (κ2) is 10.6. The van der Waals surface area contributed by atoms with Crippen LogP contribution < -0.4 is 10.1 Å². The molecule has 31 heavy (non-hydrogen) atoms. The molecule has 4 nitrogen and oxygen atoms in total. The van der Waals surface area contributed by atoms with E-state index in [-0.39, 0.29) is 12.2 Å². The third-order valence-corrected chi connectivity index (χ3v) is 5.31. The maximum Gasteiger partial charge on any atom is 0.266 e. The summed E-state index contributed by atoms with van der Waals surface area (Å²) in [5, 5.41) is 13.9. The second-order valence-corrected chi connectivity index (χ2v) is 8.04. The van der Waals surface area contributed by atoms with Crippen molar-refractivity contribution in [3.8, 4) is 11.8 Å². The quantitative estimate of drug-likeness (QED) is 0.288. The van der Waals surface area contributed by atoms with E-state index in [0.29, 0.717) is 37.1 Å². The van der Waals surface area contributed by atoms with Crippen molar-refractivity contribution in [2.75, 3.05) is 5.32 Å². The molecular formula is C23H14Cl4N2O2. The summed E-state index contributed by atoms with van der Waals surface area (Å²) in [4.78, 5) is 12.6. The highest BCUT2D eigenvalue weighted by Gasteiger charge is 2.13. The molecule has 0 atom stereocenters. The molecule has 0 unspecified atom stereocenters. The zero-order chi connectivity index (χ0) is 22.4. The lowest BCUT2D eigenvalue weighted by atomic mass is 10.1. The van der Waals surface area contributed by atoms with Crippen LogP contribution in [0.25, 0.3) is 6.08 Å². The highest BCUT2D eigenvalue weighted by Crippen LogP contribution is 2.28. The van der Waals surface area contributed by atoms with Crippen LogP contribution in [0, 0.1) is 11.3 Å². The van der Waals surface area contributed by atoms with Crippen molar-refractivity contribution >= 4 is 64.1 Å². The number of halogens is 4. The van der Waals surface area contributed by atoms with Gasteiger partial charge in [-0.3, -0.25) is 4.79 Å². The summed E-state index contributed by atoms with van der Waals surface area (Å²) in [5.41, 5.74) is 1.63. The van der Waals surface area contributed by atoms with Gasteiger partial charge in [0.2, 0.25) is 0 Å². The standard InChI is InChI=1S/C23H14Cl4N2O2/c24-17-2-1-3-19(11-17)29-23(30)16(12-28)9-15-10-18(25)5-7-22(15)31-13-14-4-6-20(26)21(27)8-14/h1-11H,13H2,(H,29,30)/b16-9+. The number of rotatable bonds is 6. The number of carbonyl (C=O) groups is 1. The molecular weight excluding hydrogens is 478 g/mol.